The normalized spacial score (nSPS) is 16.1. The Hall–Kier alpha value is -0.693. The third-order valence-corrected chi connectivity index (χ3v) is 5.82. The van der Waals surface area contributed by atoms with Crippen molar-refractivity contribution in [2.45, 2.75) is 29.4 Å². The monoisotopic (exact) mass is 336 g/mol. The lowest BCUT2D eigenvalue weighted by molar-refractivity contribution is -0.205. The molecule has 0 unspecified atom stereocenters. The topological polar surface area (TPSA) is 0 Å². The van der Waals surface area contributed by atoms with Crippen molar-refractivity contribution in [3.63, 3.8) is 0 Å². The lowest BCUT2D eigenvalue weighted by Gasteiger charge is -2.39. The van der Waals surface area contributed by atoms with Crippen LogP contribution in [0.15, 0.2) is 0 Å². The van der Waals surface area contributed by atoms with Crippen molar-refractivity contribution in [3.05, 3.63) is 0 Å². The molecule has 0 nitrogen and oxygen atoms in total. The maximum absolute atomic E-state index is 12.5. The quantitative estimate of drug-likeness (QED) is 0.524. The van der Waals surface area contributed by atoms with Gasteiger partial charge in [0.2, 0.25) is 0 Å². The Kier molecular flexibility index (Phi) is 4.25. The van der Waals surface area contributed by atoms with Gasteiger partial charge in [0.15, 0.2) is 0 Å². The first kappa shape index (κ1) is 18.3. The molecule has 0 amide bonds. The zero-order valence-electron chi connectivity index (χ0n) is 7.99. The summed E-state index contributed by atoms with van der Waals surface area (Å²) in [6, 6.07) is 0. The number of rotatable bonds is 2. The first-order valence-corrected chi connectivity index (χ1v) is 5.80. The maximum atomic E-state index is 12.5. The van der Waals surface area contributed by atoms with E-state index >= 15 is 0 Å². The molecule has 0 aromatic heterocycles. The van der Waals surface area contributed by atoms with Crippen LogP contribution in [-0.2, 0) is 0 Å². The molecule has 0 aliphatic carbocycles. The van der Waals surface area contributed by atoms with Gasteiger partial charge in [0.1, 0.15) is 0 Å². The molecular weight excluding hydrogens is 335 g/mol. The average molecular weight is 336 g/mol. The molecule has 0 aromatic carbocycles. The summed E-state index contributed by atoms with van der Waals surface area (Å²) in [6.45, 7) is 0. The maximum Gasteiger partial charge on any atom is 0.503 e. The van der Waals surface area contributed by atoms with E-state index < -0.39 is 37.4 Å². The second-order valence-electron chi connectivity index (χ2n) is 3.17. The van der Waals surface area contributed by atoms with Crippen molar-refractivity contribution < 1.29 is 57.1 Å². The SMILES string of the molecule is FC(F)C(F)(F)[Si](C(F)(F)F)(C(F)(F)F)C(F)(F)F. The highest BCUT2D eigenvalue weighted by Crippen LogP contribution is 2.58. The molecule has 14 heteroatoms. The molecule has 0 aliphatic heterocycles. The third-order valence-electron chi connectivity index (χ3n) is 2.05. The van der Waals surface area contributed by atoms with Crippen LogP contribution in [0.2, 0.25) is 0 Å². The lowest BCUT2D eigenvalue weighted by atomic mass is 10.7. The summed E-state index contributed by atoms with van der Waals surface area (Å²) in [5.41, 5.74) is -7.30. The minimum absolute atomic E-state index is 5.77. The van der Waals surface area contributed by atoms with E-state index in [0.717, 1.165) is 0 Å². The van der Waals surface area contributed by atoms with Crippen LogP contribution in [0, 0.1) is 0 Å². The molecule has 0 fully saturated rings. The van der Waals surface area contributed by atoms with Gasteiger partial charge in [-0.1, -0.05) is 0 Å². The third kappa shape index (κ3) is 2.38. The molecular formula is C5HF13Si. The largest absolute Gasteiger partial charge is 0.503 e. The Labute approximate surface area is 95.7 Å². The summed E-state index contributed by atoms with van der Waals surface area (Å²) in [5, 5.41) is 0. The van der Waals surface area contributed by atoms with Crippen LogP contribution in [0.1, 0.15) is 0 Å². The minimum atomic E-state index is -9.77. The fraction of sp³-hybridized carbons (Fsp3) is 1.00. The first-order valence-electron chi connectivity index (χ1n) is 3.80. The predicted octanol–water partition coefficient (Wildman–Crippen LogP) is 4.18. The highest BCUT2D eigenvalue weighted by atomic mass is 28.3. The molecule has 0 aliphatic rings. The van der Waals surface area contributed by atoms with Crippen LogP contribution in [0.25, 0.3) is 0 Å². The second-order valence-corrected chi connectivity index (χ2v) is 7.03. The van der Waals surface area contributed by atoms with Gasteiger partial charge in [-0.2, -0.15) is 39.5 Å². The number of hydrogen-bond donors (Lipinski definition) is 0. The molecule has 0 heterocycles. The fourth-order valence-electron chi connectivity index (χ4n) is 1.21. The van der Waals surface area contributed by atoms with Crippen LogP contribution in [0.4, 0.5) is 57.1 Å². The van der Waals surface area contributed by atoms with Crippen LogP contribution in [0.3, 0.4) is 0 Å². The van der Waals surface area contributed by atoms with Gasteiger partial charge in [-0.05, 0) is 0 Å². The van der Waals surface area contributed by atoms with Gasteiger partial charge >= 0.3 is 31.0 Å². The molecule has 0 saturated heterocycles. The van der Waals surface area contributed by atoms with E-state index in [9.17, 15) is 57.1 Å². The summed E-state index contributed by atoms with van der Waals surface area (Å²) < 4.78 is 157. The van der Waals surface area contributed by atoms with Crippen molar-refractivity contribution in [1.29, 1.82) is 0 Å². The van der Waals surface area contributed by atoms with Crippen molar-refractivity contribution in [2.75, 3.05) is 0 Å². The van der Waals surface area contributed by atoms with E-state index in [2.05, 4.69) is 0 Å². The van der Waals surface area contributed by atoms with Crippen LogP contribution < -0.4 is 0 Å². The molecule has 19 heavy (non-hydrogen) atoms. The van der Waals surface area contributed by atoms with Gasteiger partial charge in [0.05, 0.1) is 0 Å². The minimum Gasteiger partial charge on any atom is -0.204 e. The van der Waals surface area contributed by atoms with Gasteiger partial charge in [-0.25, -0.2) is 17.6 Å². The molecule has 0 radical (unpaired) electrons. The summed E-state index contributed by atoms with van der Waals surface area (Å²) >= 11 is 0. The van der Waals surface area contributed by atoms with Crippen LogP contribution in [-0.4, -0.2) is 37.4 Å². The molecule has 0 rings (SSSR count). The fourth-order valence-corrected chi connectivity index (χ4v) is 3.64. The Morgan fingerprint density at radius 2 is 0.737 bits per heavy atom. The summed E-state index contributed by atoms with van der Waals surface area (Å²) in [4.78, 5) is 0. The van der Waals surface area contributed by atoms with Gasteiger partial charge in [-0.15, -0.1) is 0 Å². The highest BCUT2D eigenvalue weighted by molar-refractivity contribution is 6.87. The Morgan fingerprint density at radius 3 is 0.789 bits per heavy atom. The molecule has 0 aromatic rings. The van der Waals surface area contributed by atoms with Gasteiger partial charge in [0, 0.05) is 0 Å². The lowest BCUT2D eigenvalue weighted by Crippen LogP contribution is -2.82. The van der Waals surface area contributed by atoms with Crippen molar-refractivity contribution in [1.82, 2.24) is 0 Å². The number of alkyl halides is 13. The first-order chi connectivity index (χ1) is 7.94. The van der Waals surface area contributed by atoms with E-state index in [1.165, 1.54) is 0 Å². The van der Waals surface area contributed by atoms with Gasteiger partial charge < -0.3 is 0 Å². The smallest absolute Gasteiger partial charge is 0.204 e. The number of hydrogen-bond acceptors (Lipinski definition) is 0. The Bertz CT molecular complexity index is 281. The molecule has 0 N–H and O–H groups in total. The van der Waals surface area contributed by atoms with Crippen molar-refractivity contribution >= 4 is 8.07 Å². The number of halogens is 13. The van der Waals surface area contributed by atoms with Crippen LogP contribution in [0.5, 0.6) is 0 Å². The molecule has 0 saturated carbocycles. The van der Waals surface area contributed by atoms with E-state index in [1.807, 2.05) is 0 Å². The molecule has 116 valence electrons. The van der Waals surface area contributed by atoms with Crippen molar-refractivity contribution in [2.24, 2.45) is 0 Å². The van der Waals surface area contributed by atoms with Gasteiger partial charge in [-0.3, -0.25) is 0 Å². The molecule has 0 spiro atoms. The van der Waals surface area contributed by atoms with Crippen LogP contribution >= 0.6 is 0 Å². The van der Waals surface area contributed by atoms with E-state index in [-0.39, 0.29) is 0 Å². The van der Waals surface area contributed by atoms with E-state index in [1.54, 1.807) is 0 Å². The summed E-state index contributed by atoms with van der Waals surface area (Å²) in [7, 11) is -9.77. The second kappa shape index (κ2) is 4.41. The van der Waals surface area contributed by atoms with Crippen molar-refractivity contribution in [3.8, 4) is 0 Å². The zero-order chi connectivity index (χ0) is 16.1. The Balaban J connectivity index is 6.63. The highest BCUT2D eigenvalue weighted by Gasteiger charge is 2.99. The molecule has 0 bridgehead atoms. The Morgan fingerprint density at radius 1 is 0.526 bits per heavy atom. The van der Waals surface area contributed by atoms with E-state index in [0.29, 0.717) is 0 Å². The average Bonchev–Trinajstić information content (AvgIpc) is 1.92. The molecule has 0 atom stereocenters. The van der Waals surface area contributed by atoms with E-state index in [4.69, 9.17) is 0 Å². The predicted molar refractivity (Wildman–Crippen MR) is 34.9 cm³/mol. The van der Waals surface area contributed by atoms with Gasteiger partial charge in [0.25, 0.3) is 6.43 Å². The zero-order valence-corrected chi connectivity index (χ0v) is 8.99. The standard InChI is InChI=1S/C5HF13Si/c6-1(7)2(8,9)19(3(10,11)12,4(13,14)15)5(16,17)18/h1H. The summed E-state index contributed by atoms with van der Waals surface area (Å²) in [6.07, 6.45) is -5.77. The summed E-state index contributed by atoms with van der Waals surface area (Å²) in [5.74, 6) is -22.8.